The highest BCUT2D eigenvalue weighted by Crippen LogP contribution is 2.56. The van der Waals surface area contributed by atoms with Gasteiger partial charge in [0.15, 0.2) is 0 Å². The number of carbonyl (C=O) groups excluding carboxylic acids is 11. The van der Waals surface area contributed by atoms with Crippen LogP contribution in [-0.4, -0.2) is 262 Å². The minimum atomic E-state index is -1.34. The molecule has 29 nitrogen and oxygen atoms in total. The number of amides is 11. The Morgan fingerprint density at radius 3 is 1.46 bits per heavy atom. The highest BCUT2D eigenvalue weighted by Gasteiger charge is 2.60. The number of aromatic nitrogens is 6. The number of nitrogens with one attached hydrogen (secondary N) is 3. The molecule has 3 aromatic rings. The van der Waals surface area contributed by atoms with Crippen LogP contribution in [0.25, 0.3) is 0 Å². The molecule has 11 amide bonds. The van der Waals surface area contributed by atoms with E-state index in [2.05, 4.69) is 55.3 Å². The lowest BCUT2D eigenvalue weighted by Gasteiger charge is -2.36. The molecule has 0 saturated carbocycles. The van der Waals surface area contributed by atoms with Crippen LogP contribution in [0.1, 0.15) is 142 Å². The number of aryl methyl sites for hydroxylation is 3. The van der Waals surface area contributed by atoms with Crippen LogP contribution in [0.3, 0.4) is 0 Å². The maximum absolute atomic E-state index is 15.1. The summed E-state index contributed by atoms with van der Waals surface area (Å²) in [7, 11) is 3.30. The van der Waals surface area contributed by atoms with Gasteiger partial charge in [-0.1, -0.05) is 70.5 Å². The van der Waals surface area contributed by atoms with Crippen LogP contribution in [0.5, 0.6) is 0 Å². The summed E-state index contributed by atoms with van der Waals surface area (Å²) in [6.07, 6.45) is 9.00. The van der Waals surface area contributed by atoms with Crippen LogP contribution < -0.4 is 26.6 Å². The Labute approximate surface area is 597 Å². The molecule has 0 spiro atoms. The third-order valence-electron chi connectivity index (χ3n) is 17.8. The predicted molar refractivity (Wildman–Crippen MR) is 378 cm³/mol. The highest BCUT2D eigenvalue weighted by atomic mass is 35.5. The molecular weight excluding hydrogens is 1340 g/mol. The van der Waals surface area contributed by atoms with Crippen molar-refractivity contribution in [3.8, 4) is 0 Å². The van der Waals surface area contributed by atoms with Crippen molar-refractivity contribution in [2.75, 3.05) is 121 Å². The zero-order valence-electron chi connectivity index (χ0n) is 59.4. The first-order valence-electron chi connectivity index (χ1n) is 34.6. The van der Waals surface area contributed by atoms with Crippen LogP contribution in [-0.2, 0) is 86.3 Å². The Balaban J connectivity index is 1.29. The van der Waals surface area contributed by atoms with Gasteiger partial charge < -0.3 is 60.9 Å². The summed E-state index contributed by atoms with van der Waals surface area (Å²) in [6, 6.07) is 6.63. The number of rotatable bonds is 46. The predicted octanol–water partition coefficient (Wildman–Crippen LogP) is 2.85. The number of unbranched alkanes of at least 4 members (excludes halogenated alkanes) is 1. The fourth-order valence-corrected chi connectivity index (χ4v) is 14.8. The van der Waals surface area contributed by atoms with Crippen molar-refractivity contribution < 1.29 is 52.7 Å². The number of halogens is 2. The van der Waals surface area contributed by atoms with E-state index in [1.165, 1.54) is 43.7 Å². The first-order valence-corrected chi connectivity index (χ1v) is 36.7. The van der Waals surface area contributed by atoms with Crippen LogP contribution in [0.4, 0.5) is 5.69 Å². The average Bonchev–Trinajstić information content (AvgIpc) is 1.58. The molecule has 2 fully saturated rings. The van der Waals surface area contributed by atoms with Crippen molar-refractivity contribution in [3.63, 3.8) is 0 Å². The summed E-state index contributed by atoms with van der Waals surface area (Å²) in [5.74, 6) is -3.91. The van der Waals surface area contributed by atoms with E-state index in [4.69, 9.17) is 28.9 Å². The number of nitrogens with two attached hydrogens (primary N) is 1. The van der Waals surface area contributed by atoms with Crippen molar-refractivity contribution in [2.24, 2.45) is 25.2 Å². The molecule has 1 unspecified atom stereocenters. The monoisotopic (exact) mass is 1440 g/mol. The summed E-state index contributed by atoms with van der Waals surface area (Å²) >= 11 is 13.9. The van der Waals surface area contributed by atoms with Crippen molar-refractivity contribution in [2.45, 2.75) is 162 Å². The van der Waals surface area contributed by atoms with Gasteiger partial charge in [-0.05, 0) is 82.4 Å². The summed E-state index contributed by atoms with van der Waals surface area (Å²) in [6.45, 7) is 11.5. The topological polar surface area (TPSA) is 337 Å². The van der Waals surface area contributed by atoms with Gasteiger partial charge in [0.25, 0.3) is 0 Å². The van der Waals surface area contributed by atoms with E-state index >= 15 is 4.79 Å². The van der Waals surface area contributed by atoms with Crippen molar-refractivity contribution >= 4 is 106 Å². The maximum Gasteiger partial charge on any atom is 0.247 e. The summed E-state index contributed by atoms with van der Waals surface area (Å²) < 4.78 is 2.88. The number of hydrogen-bond donors (Lipinski definition) is 4. The molecule has 0 radical (unpaired) electrons. The fraction of sp³-hybridized carbons (Fsp3) is 0.687. The second-order valence-corrected chi connectivity index (χ2v) is 28.0. The number of alkyl halides is 2. The number of hydrogen-bond acceptors (Lipinski definition) is 17. The number of primary amides is 1. The Morgan fingerprint density at radius 2 is 1.04 bits per heavy atom. The molecule has 0 bridgehead atoms. The van der Waals surface area contributed by atoms with Crippen molar-refractivity contribution in [3.05, 3.63) is 53.6 Å². The van der Waals surface area contributed by atoms with Gasteiger partial charge in [0.05, 0.1) is 57.9 Å². The zero-order valence-corrected chi connectivity index (χ0v) is 61.8. The second-order valence-electron chi connectivity index (χ2n) is 26.1. The van der Waals surface area contributed by atoms with Gasteiger partial charge in [-0.25, -0.2) is 0 Å². The Morgan fingerprint density at radius 1 is 0.606 bits per heavy atom. The minimum absolute atomic E-state index is 0.0402. The second kappa shape index (κ2) is 41.2. The normalized spacial score (nSPS) is 16.4. The lowest BCUT2D eigenvalue weighted by molar-refractivity contribution is -0.148. The molecule has 4 heterocycles. The summed E-state index contributed by atoms with van der Waals surface area (Å²) in [4.78, 5) is 164. The lowest BCUT2D eigenvalue weighted by atomic mass is 9.70. The molecule has 2 saturated heterocycles. The number of fused-ring (bicyclic) bond motifs is 1. The van der Waals surface area contributed by atoms with E-state index in [1.807, 2.05) is 70.6 Å². The first kappa shape index (κ1) is 82.1. The average molecular weight is 1440 g/mol. The SMILES string of the molecule is CCCN(CC(=O)N(CCC)CC(=O)N(CCC)CC(=O)N(CC(N)=O)Cc1cn(C)nn1)C(=O)CN(CCC)C(=O)CN(CCC)C(=O)CN(Cc1cn(C)nn1)C(=O)C(CNC(=O)CCCc1ccc(N(CCCl)CCCl)cc1)NC(=O)CCCC[C@@H]1SC[C@]2(C)NC(=O)C[C@]12C. The number of carbonyl (C=O) groups is 11. The van der Waals surface area contributed by atoms with E-state index < -0.39 is 105 Å². The number of thioether (sulfide) groups is 1. The van der Waals surface area contributed by atoms with Gasteiger partial charge in [0.1, 0.15) is 24.0 Å². The quantitative estimate of drug-likeness (QED) is 0.0467. The largest absolute Gasteiger partial charge is 0.369 e. The molecule has 5 N–H and O–H groups in total. The van der Waals surface area contributed by atoms with E-state index in [1.54, 1.807) is 26.5 Å². The molecule has 2 aliphatic rings. The molecule has 32 heteroatoms. The van der Waals surface area contributed by atoms with Crippen molar-refractivity contribution in [1.82, 2.24) is 80.2 Å². The standard InChI is InChI=1S/C67H106Cl2N18O11S/c1-10-28-81(42-60(93)83(30-12-3)44-62(95)85(32-14-5)46-64(97)86(41-55(70)88)39-50-37-78(8)76-74-50)59(92)43-82(29-11-2)61(94)45-84(31-13-4)63(96)47-87(40-51-38-79(9)77-75-51)65(98)53(72-57(90)20-16-15-19-54-66(6)35-58(91)73-67(66,7)48-99-54)36-71-56(89)21-17-18-49-22-24-52(25-23-49)80(33-26-68)34-27-69/h22-25,37-38,53-54H,10-21,26-36,39-48H2,1-9H3,(H2,70,88)(H,71,89)(H,72,90)(H,73,91)/t53?,54-,66+,67-/m0/s1. The van der Waals surface area contributed by atoms with E-state index in [0.717, 1.165) is 23.4 Å². The van der Waals surface area contributed by atoms with E-state index in [0.29, 0.717) is 100 Å². The summed E-state index contributed by atoms with van der Waals surface area (Å²) in [5, 5.41) is 25.2. The number of anilines is 1. The minimum Gasteiger partial charge on any atom is -0.369 e. The van der Waals surface area contributed by atoms with Gasteiger partial charge in [-0.2, -0.15) is 11.8 Å². The third-order valence-corrected chi connectivity index (χ3v) is 20.1. The van der Waals surface area contributed by atoms with Crippen molar-refractivity contribution in [1.29, 1.82) is 0 Å². The molecule has 4 atom stereocenters. The molecular formula is C67H106Cl2N18O11S. The number of nitrogens with zero attached hydrogens (tertiary/aromatic N) is 14. The Hall–Kier alpha value is -7.60. The molecule has 2 aliphatic heterocycles. The molecule has 99 heavy (non-hydrogen) atoms. The highest BCUT2D eigenvalue weighted by molar-refractivity contribution is 8.00. The van der Waals surface area contributed by atoms with E-state index in [-0.39, 0.29) is 93.2 Å². The molecule has 5 rings (SSSR count). The van der Waals surface area contributed by atoms with Gasteiger partial charge in [0.2, 0.25) is 65.0 Å². The van der Waals surface area contributed by atoms with Crippen LogP contribution in [0.15, 0.2) is 36.7 Å². The fourth-order valence-electron chi connectivity index (χ4n) is 12.4. The van der Waals surface area contributed by atoms with E-state index in [9.17, 15) is 47.9 Å². The van der Waals surface area contributed by atoms with Crippen LogP contribution in [0.2, 0.25) is 0 Å². The first-order chi connectivity index (χ1) is 47.2. The smallest absolute Gasteiger partial charge is 0.247 e. The van der Waals surface area contributed by atoms with Gasteiger partial charge in [-0.3, -0.25) is 62.1 Å². The van der Waals surface area contributed by atoms with Gasteiger partial charge >= 0.3 is 0 Å². The maximum atomic E-state index is 15.1. The van der Waals surface area contributed by atoms with Crippen LogP contribution >= 0.6 is 35.0 Å². The lowest BCUT2D eigenvalue weighted by Crippen LogP contribution is -2.56. The van der Waals surface area contributed by atoms with Crippen LogP contribution in [0, 0.1) is 5.41 Å². The zero-order chi connectivity index (χ0) is 72.8. The molecule has 0 aliphatic carbocycles. The van der Waals surface area contributed by atoms with Gasteiger partial charge in [0, 0.05) is 132 Å². The number of benzene rings is 1. The summed E-state index contributed by atoms with van der Waals surface area (Å²) in [5.41, 5.74) is 7.66. The molecule has 550 valence electrons. The Bertz CT molecular complexity index is 3170. The molecule has 2 aromatic heterocycles. The third kappa shape index (κ3) is 25.5. The van der Waals surface area contributed by atoms with Gasteiger partial charge in [-0.15, -0.1) is 33.4 Å². The molecule has 1 aromatic carbocycles. The Kier molecular flexibility index (Phi) is 34.2.